The first-order chi connectivity index (χ1) is 45.0. The van der Waals surface area contributed by atoms with Crippen molar-refractivity contribution in [1.29, 1.82) is 0 Å². The van der Waals surface area contributed by atoms with Crippen LogP contribution in [0.25, 0.3) is 0 Å². The Hall–Kier alpha value is -3.59. The van der Waals surface area contributed by atoms with Gasteiger partial charge in [-0.1, -0.05) is 354 Å². The van der Waals surface area contributed by atoms with Gasteiger partial charge in [0.2, 0.25) is 0 Å². The number of likely N-dealkylation sites (N-methyl/N-ethyl adjacent to an activating group) is 1. The maximum Gasteiger partial charge on any atom is 0.472 e. The minimum absolute atomic E-state index is 0.0279. The average molecular weight is 1300 g/mol. The van der Waals surface area contributed by atoms with Crippen LogP contribution in [0.15, 0.2) is 122 Å². The van der Waals surface area contributed by atoms with Crippen molar-refractivity contribution >= 4 is 19.8 Å². The summed E-state index contributed by atoms with van der Waals surface area (Å²) in [6.45, 7) is 4.35. The molecule has 0 spiro atoms. The van der Waals surface area contributed by atoms with Gasteiger partial charge < -0.3 is 18.9 Å². The number of carbonyl (C=O) groups is 2. The third kappa shape index (κ3) is 75.4. The molecule has 0 aromatic rings. The molecular formula is C82H145NO8P+. The Morgan fingerprint density at radius 3 is 0.924 bits per heavy atom. The monoisotopic (exact) mass is 1300 g/mol. The molecule has 0 aliphatic rings. The van der Waals surface area contributed by atoms with Gasteiger partial charge in [-0.15, -0.1) is 0 Å². The van der Waals surface area contributed by atoms with E-state index in [0.717, 1.165) is 109 Å². The quantitative estimate of drug-likeness (QED) is 0.0211. The van der Waals surface area contributed by atoms with Gasteiger partial charge in [0.25, 0.3) is 0 Å². The molecule has 0 aromatic heterocycles. The Labute approximate surface area is 568 Å². The Balaban J connectivity index is 4.04. The predicted octanol–water partition coefficient (Wildman–Crippen LogP) is 25.4. The second-order valence-electron chi connectivity index (χ2n) is 26.7. The highest BCUT2D eigenvalue weighted by Gasteiger charge is 2.27. The molecule has 9 nitrogen and oxygen atoms in total. The lowest BCUT2D eigenvalue weighted by Crippen LogP contribution is -2.37. The molecule has 530 valence electrons. The number of allylic oxidation sites excluding steroid dienone is 20. The van der Waals surface area contributed by atoms with E-state index in [4.69, 9.17) is 18.5 Å². The van der Waals surface area contributed by atoms with Crippen molar-refractivity contribution in [2.75, 3.05) is 47.5 Å². The van der Waals surface area contributed by atoms with Crippen molar-refractivity contribution < 1.29 is 42.1 Å². The van der Waals surface area contributed by atoms with Gasteiger partial charge >= 0.3 is 19.8 Å². The highest BCUT2D eigenvalue weighted by molar-refractivity contribution is 7.47. The Bertz CT molecular complexity index is 1970. The van der Waals surface area contributed by atoms with Crippen LogP contribution in [0.5, 0.6) is 0 Å². The fourth-order valence-electron chi connectivity index (χ4n) is 10.7. The zero-order chi connectivity index (χ0) is 66.9. The number of phosphoric ester groups is 1. The lowest BCUT2D eigenvalue weighted by molar-refractivity contribution is -0.870. The normalized spacial score (nSPS) is 13.8. The second-order valence-corrected chi connectivity index (χ2v) is 28.1. The number of carbonyl (C=O) groups excluding carboxylic acids is 2. The van der Waals surface area contributed by atoms with Gasteiger partial charge in [-0.3, -0.25) is 18.6 Å². The van der Waals surface area contributed by atoms with Crippen LogP contribution >= 0.6 is 7.82 Å². The van der Waals surface area contributed by atoms with Crippen LogP contribution in [0, 0.1) is 0 Å². The van der Waals surface area contributed by atoms with Crippen LogP contribution in [-0.2, 0) is 32.7 Å². The van der Waals surface area contributed by atoms with Gasteiger partial charge in [-0.05, 0) is 89.9 Å². The SMILES string of the molecule is CC/C=C\C/C=C\C/C=C\C/C=C\C/C=C\C/C=C\C/C=C\C/C=C\C/C=C\C/C=C\CCCCCCCCCCCCC(=O)OC(COC(=O)CCCCCCCCCCCCCCCCCCCCCCCCCCCCC)COP(=O)(O)OCC[N+](C)(C)C. The van der Waals surface area contributed by atoms with Crippen LogP contribution in [0.1, 0.15) is 335 Å². The van der Waals surface area contributed by atoms with Gasteiger partial charge in [0.05, 0.1) is 27.7 Å². The summed E-state index contributed by atoms with van der Waals surface area (Å²) in [6, 6.07) is 0. The van der Waals surface area contributed by atoms with Crippen LogP contribution in [0.3, 0.4) is 0 Å². The summed E-state index contributed by atoms with van der Waals surface area (Å²) in [6.07, 6.45) is 103. The van der Waals surface area contributed by atoms with E-state index in [9.17, 15) is 19.0 Å². The highest BCUT2D eigenvalue weighted by Crippen LogP contribution is 2.43. The predicted molar refractivity (Wildman–Crippen MR) is 399 cm³/mol. The molecule has 0 radical (unpaired) electrons. The molecule has 92 heavy (non-hydrogen) atoms. The number of rotatable bonds is 70. The molecule has 2 atom stereocenters. The molecule has 0 bridgehead atoms. The summed E-state index contributed by atoms with van der Waals surface area (Å²) < 4.78 is 34.8. The number of phosphoric acid groups is 1. The van der Waals surface area contributed by atoms with Gasteiger partial charge in [0, 0.05) is 12.8 Å². The van der Waals surface area contributed by atoms with Crippen LogP contribution in [0.4, 0.5) is 0 Å². The summed E-state index contributed by atoms with van der Waals surface area (Å²) >= 11 is 0. The number of unbranched alkanes of at least 4 members (excludes halogenated alkanes) is 36. The van der Waals surface area contributed by atoms with Crippen molar-refractivity contribution in [2.24, 2.45) is 0 Å². The Morgan fingerprint density at radius 1 is 0.348 bits per heavy atom. The lowest BCUT2D eigenvalue weighted by Gasteiger charge is -2.24. The molecule has 2 unspecified atom stereocenters. The molecule has 0 rings (SSSR count). The zero-order valence-electron chi connectivity index (χ0n) is 60.5. The van der Waals surface area contributed by atoms with Crippen molar-refractivity contribution in [2.45, 2.75) is 341 Å². The van der Waals surface area contributed by atoms with Gasteiger partial charge in [0.1, 0.15) is 19.8 Å². The van der Waals surface area contributed by atoms with Crippen molar-refractivity contribution in [3.63, 3.8) is 0 Å². The molecule has 0 aromatic carbocycles. The number of hydrogen-bond acceptors (Lipinski definition) is 7. The fraction of sp³-hybridized carbons (Fsp3) is 0.732. The maximum absolute atomic E-state index is 12.9. The Morgan fingerprint density at radius 2 is 0.620 bits per heavy atom. The molecule has 0 fully saturated rings. The minimum Gasteiger partial charge on any atom is -0.462 e. The summed E-state index contributed by atoms with van der Waals surface area (Å²) in [5.41, 5.74) is 0. The van der Waals surface area contributed by atoms with E-state index >= 15 is 0 Å². The van der Waals surface area contributed by atoms with Crippen molar-refractivity contribution in [3.8, 4) is 0 Å². The first-order valence-corrected chi connectivity index (χ1v) is 39.8. The summed E-state index contributed by atoms with van der Waals surface area (Å²) in [7, 11) is 1.48. The molecule has 10 heteroatoms. The molecule has 0 aliphatic carbocycles. The van der Waals surface area contributed by atoms with E-state index in [1.54, 1.807) is 0 Å². The molecule has 0 heterocycles. The number of hydrogen-bond donors (Lipinski definition) is 1. The number of nitrogens with zero attached hydrogens (tertiary/aromatic N) is 1. The van der Waals surface area contributed by atoms with E-state index in [1.165, 1.54) is 193 Å². The highest BCUT2D eigenvalue weighted by atomic mass is 31.2. The van der Waals surface area contributed by atoms with Gasteiger partial charge in [0.15, 0.2) is 6.10 Å². The van der Waals surface area contributed by atoms with E-state index < -0.39 is 26.5 Å². The summed E-state index contributed by atoms with van der Waals surface area (Å²) in [4.78, 5) is 35.9. The fourth-order valence-corrected chi connectivity index (χ4v) is 11.4. The molecule has 0 saturated heterocycles. The molecule has 0 amide bonds. The number of ether oxygens (including phenoxy) is 2. The van der Waals surface area contributed by atoms with Gasteiger partial charge in [-0.2, -0.15) is 0 Å². The topological polar surface area (TPSA) is 108 Å². The first-order valence-electron chi connectivity index (χ1n) is 38.3. The summed E-state index contributed by atoms with van der Waals surface area (Å²) in [5.74, 6) is -0.793. The van der Waals surface area contributed by atoms with E-state index in [-0.39, 0.29) is 32.0 Å². The summed E-state index contributed by atoms with van der Waals surface area (Å²) in [5, 5.41) is 0. The maximum atomic E-state index is 12.9. The molecule has 1 N–H and O–H groups in total. The molecule has 0 saturated carbocycles. The smallest absolute Gasteiger partial charge is 0.462 e. The third-order valence-corrected chi connectivity index (χ3v) is 17.5. The standard InChI is InChI=1S/C82H144NO8P/c1-6-8-10-12-14-16-18-20-22-24-26-28-30-32-34-35-36-37-38-39-40-41-42-43-44-45-46-47-49-51-53-55-57-59-61-63-65-67-69-71-73-75-82(85)91-80(79-90-92(86,87)89-77-76-83(3,4)5)78-88-81(84)74-72-70-68-66-64-62-60-58-56-54-52-50-48-33-31-29-27-25-23-21-19-17-15-13-11-9-7-2/h8,10,14,16,20,22,26,28,32,34,36-37,39-40,42-43,45-46,49,51,80H,6-7,9,11-13,15,17-19,21,23-25,27,29-31,33,35,38,41,44,47-48,50,52-79H2,1-5H3/p+1/b10-8-,16-14-,22-20-,28-26-,34-32-,37-36-,40-39-,43-42-,46-45-,51-49-. The third-order valence-electron chi connectivity index (χ3n) is 16.5. The van der Waals surface area contributed by atoms with E-state index in [0.29, 0.717) is 17.4 Å². The second kappa shape index (κ2) is 71.7. The average Bonchev–Trinajstić information content (AvgIpc) is 2.23. The van der Waals surface area contributed by atoms with Crippen LogP contribution in [-0.4, -0.2) is 74.9 Å². The largest absolute Gasteiger partial charge is 0.472 e. The minimum atomic E-state index is -4.40. The van der Waals surface area contributed by atoms with Crippen molar-refractivity contribution in [3.05, 3.63) is 122 Å². The Kier molecular flexibility index (Phi) is 68.9. The van der Waals surface area contributed by atoms with E-state index in [2.05, 4.69) is 135 Å². The number of esters is 2. The van der Waals surface area contributed by atoms with E-state index in [1.807, 2.05) is 21.1 Å². The molecule has 0 aliphatic heterocycles. The van der Waals surface area contributed by atoms with Gasteiger partial charge in [-0.25, -0.2) is 4.57 Å². The number of quaternary nitrogens is 1. The van der Waals surface area contributed by atoms with Crippen molar-refractivity contribution in [1.82, 2.24) is 0 Å². The van der Waals surface area contributed by atoms with Crippen LogP contribution in [0.2, 0.25) is 0 Å². The van der Waals surface area contributed by atoms with Crippen LogP contribution < -0.4 is 0 Å². The molecular weight excluding hydrogens is 1160 g/mol. The zero-order valence-corrected chi connectivity index (χ0v) is 61.4. The lowest BCUT2D eigenvalue weighted by atomic mass is 10.0. The first kappa shape index (κ1) is 88.4.